The molecule has 1 atom stereocenters. The van der Waals surface area contributed by atoms with Crippen LogP contribution >= 0.6 is 24.0 Å². The maximum Gasteiger partial charge on any atom is 0.225 e. The van der Waals surface area contributed by atoms with Crippen molar-refractivity contribution in [1.29, 1.82) is 0 Å². The summed E-state index contributed by atoms with van der Waals surface area (Å²) in [6.45, 7) is 10.3. The molecule has 3 rings (SSSR count). The number of halogens is 1. The summed E-state index contributed by atoms with van der Waals surface area (Å²) in [6, 6.07) is 8.40. The first-order valence-electron chi connectivity index (χ1n) is 12.3. The SMILES string of the molecule is CCN(CC)CCOc1ccccc1CNC(=NC)NC1CCN(C(=O)C2CCCC2)C1.I. The number of hydrogen-bond acceptors (Lipinski definition) is 4. The van der Waals surface area contributed by atoms with E-state index in [1.807, 2.05) is 23.1 Å². The van der Waals surface area contributed by atoms with E-state index in [1.165, 1.54) is 12.8 Å². The smallest absolute Gasteiger partial charge is 0.225 e. The van der Waals surface area contributed by atoms with E-state index in [0.717, 1.165) is 69.3 Å². The van der Waals surface area contributed by atoms with Gasteiger partial charge in [-0.1, -0.05) is 44.9 Å². The number of likely N-dealkylation sites (tertiary alicyclic amines) is 1. The highest BCUT2D eigenvalue weighted by Crippen LogP contribution is 2.27. The Morgan fingerprint density at radius 3 is 2.61 bits per heavy atom. The van der Waals surface area contributed by atoms with Crippen LogP contribution in [0.4, 0.5) is 0 Å². The number of hydrogen-bond donors (Lipinski definition) is 2. The Kier molecular flexibility index (Phi) is 12.3. The molecule has 0 radical (unpaired) electrons. The van der Waals surface area contributed by atoms with Gasteiger partial charge >= 0.3 is 0 Å². The van der Waals surface area contributed by atoms with Gasteiger partial charge in [-0.3, -0.25) is 9.79 Å². The molecule has 2 N–H and O–H groups in total. The number of rotatable bonds is 10. The predicted octanol–water partition coefficient (Wildman–Crippen LogP) is 3.48. The summed E-state index contributed by atoms with van der Waals surface area (Å²) in [7, 11) is 1.79. The van der Waals surface area contributed by atoms with E-state index < -0.39 is 0 Å². The first-order valence-corrected chi connectivity index (χ1v) is 12.3. The summed E-state index contributed by atoms with van der Waals surface area (Å²) < 4.78 is 6.07. The van der Waals surface area contributed by atoms with Crippen LogP contribution in [0.5, 0.6) is 5.75 Å². The van der Waals surface area contributed by atoms with Crippen molar-refractivity contribution in [3.05, 3.63) is 29.8 Å². The van der Waals surface area contributed by atoms with Crippen LogP contribution in [0.1, 0.15) is 51.5 Å². The van der Waals surface area contributed by atoms with Gasteiger partial charge in [0.05, 0.1) is 0 Å². The van der Waals surface area contributed by atoms with Crippen molar-refractivity contribution in [3.8, 4) is 5.75 Å². The first kappa shape index (κ1) is 27.7. The number of carbonyl (C=O) groups is 1. The van der Waals surface area contributed by atoms with Gasteiger partial charge in [-0.2, -0.15) is 0 Å². The second-order valence-corrected chi connectivity index (χ2v) is 8.80. The van der Waals surface area contributed by atoms with Crippen LogP contribution in [-0.2, 0) is 11.3 Å². The fraction of sp³-hybridized carbons (Fsp3) is 0.680. The molecular weight excluding hydrogens is 529 g/mol. The number of carbonyl (C=O) groups excluding carboxylic acids is 1. The van der Waals surface area contributed by atoms with E-state index in [-0.39, 0.29) is 35.9 Å². The topological polar surface area (TPSA) is 69.2 Å². The molecule has 1 unspecified atom stereocenters. The van der Waals surface area contributed by atoms with Gasteiger partial charge < -0.3 is 25.2 Å². The molecule has 1 heterocycles. The Bertz CT molecular complexity index is 750. The maximum atomic E-state index is 12.7. The van der Waals surface area contributed by atoms with E-state index in [1.54, 1.807) is 7.05 Å². The van der Waals surface area contributed by atoms with Crippen LogP contribution in [0.3, 0.4) is 0 Å². The number of ether oxygens (including phenoxy) is 1. The number of para-hydroxylation sites is 1. The van der Waals surface area contributed by atoms with Crippen molar-refractivity contribution < 1.29 is 9.53 Å². The fourth-order valence-corrected chi connectivity index (χ4v) is 4.69. The second kappa shape index (κ2) is 14.7. The minimum atomic E-state index is 0. The van der Waals surface area contributed by atoms with Crippen molar-refractivity contribution in [3.63, 3.8) is 0 Å². The van der Waals surface area contributed by atoms with E-state index in [4.69, 9.17) is 4.74 Å². The third-order valence-corrected chi connectivity index (χ3v) is 6.75. The van der Waals surface area contributed by atoms with Crippen molar-refractivity contribution in [2.24, 2.45) is 10.9 Å². The molecule has 186 valence electrons. The molecule has 1 amide bonds. The summed E-state index contributed by atoms with van der Waals surface area (Å²) >= 11 is 0. The monoisotopic (exact) mass is 571 g/mol. The quantitative estimate of drug-likeness (QED) is 0.256. The third kappa shape index (κ3) is 8.31. The van der Waals surface area contributed by atoms with Crippen LogP contribution in [0, 0.1) is 5.92 Å². The number of guanidine groups is 1. The molecule has 1 aromatic rings. The van der Waals surface area contributed by atoms with Crippen molar-refractivity contribution in [2.75, 3.05) is 46.4 Å². The van der Waals surface area contributed by atoms with Crippen LogP contribution < -0.4 is 15.4 Å². The summed E-state index contributed by atoms with van der Waals surface area (Å²) in [5.41, 5.74) is 1.11. The average molecular weight is 572 g/mol. The average Bonchev–Trinajstić information content (AvgIpc) is 3.52. The standard InChI is InChI=1S/C25H41N5O2.HI/c1-4-29(5-2)16-17-32-23-13-9-8-12-21(23)18-27-25(26-3)28-22-14-15-30(19-22)24(31)20-10-6-7-11-20;/h8-9,12-13,20,22H,4-7,10-11,14-19H2,1-3H3,(H2,26,27,28);1H. The lowest BCUT2D eigenvalue weighted by Crippen LogP contribution is -2.45. The summed E-state index contributed by atoms with van der Waals surface area (Å²) in [4.78, 5) is 21.5. The number of nitrogens with one attached hydrogen (secondary N) is 2. The minimum absolute atomic E-state index is 0. The lowest BCUT2D eigenvalue weighted by Gasteiger charge is -2.22. The van der Waals surface area contributed by atoms with Crippen molar-refractivity contribution in [2.45, 2.75) is 58.5 Å². The number of aliphatic imine (C=N–C) groups is 1. The molecule has 2 aliphatic rings. The van der Waals surface area contributed by atoms with Gasteiger partial charge in [-0.15, -0.1) is 24.0 Å². The zero-order chi connectivity index (χ0) is 22.8. The van der Waals surface area contributed by atoms with Gasteiger partial charge in [0.15, 0.2) is 5.96 Å². The lowest BCUT2D eigenvalue weighted by molar-refractivity contribution is -0.134. The molecule has 1 saturated carbocycles. The predicted molar refractivity (Wildman–Crippen MR) is 145 cm³/mol. The molecular formula is C25H42IN5O2. The number of benzene rings is 1. The molecule has 1 aliphatic heterocycles. The highest BCUT2D eigenvalue weighted by molar-refractivity contribution is 14.0. The molecule has 1 aromatic carbocycles. The Hall–Kier alpha value is -1.55. The Balaban J connectivity index is 0.00000385. The number of nitrogens with zero attached hydrogens (tertiary/aromatic N) is 3. The molecule has 7 nitrogen and oxygen atoms in total. The molecule has 0 aromatic heterocycles. The van der Waals surface area contributed by atoms with E-state index in [0.29, 0.717) is 19.1 Å². The van der Waals surface area contributed by atoms with Crippen molar-refractivity contribution >= 4 is 35.8 Å². The molecule has 1 aliphatic carbocycles. The Morgan fingerprint density at radius 2 is 1.91 bits per heavy atom. The lowest BCUT2D eigenvalue weighted by atomic mass is 10.1. The fourth-order valence-electron chi connectivity index (χ4n) is 4.69. The van der Waals surface area contributed by atoms with E-state index >= 15 is 0 Å². The number of likely N-dealkylation sites (N-methyl/N-ethyl adjacent to an activating group) is 1. The Labute approximate surface area is 216 Å². The van der Waals surface area contributed by atoms with Gasteiger partial charge in [0.1, 0.15) is 12.4 Å². The summed E-state index contributed by atoms with van der Waals surface area (Å²) in [5.74, 6) is 2.29. The van der Waals surface area contributed by atoms with Gasteiger partial charge in [-0.25, -0.2) is 0 Å². The third-order valence-electron chi connectivity index (χ3n) is 6.75. The first-order chi connectivity index (χ1) is 15.6. The molecule has 33 heavy (non-hydrogen) atoms. The molecule has 0 spiro atoms. The molecule has 2 fully saturated rings. The maximum absolute atomic E-state index is 12.7. The van der Waals surface area contributed by atoms with E-state index in [2.05, 4.69) is 40.4 Å². The summed E-state index contributed by atoms with van der Waals surface area (Å²) in [5, 5.41) is 6.92. The molecule has 1 saturated heterocycles. The molecule has 0 bridgehead atoms. The largest absolute Gasteiger partial charge is 0.492 e. The van der Waals surface area contributed by atoms with Crippen LogP contribution in [0.2, 0.25) is 0 Å². The van der Waals surface area contributed by atoms with Gasteiger partial charge in [0, 0.05) is 50.7 Å². The van der Waals surface area contributed by atoms with Gasteiger partial charge in [0.25, 0.3) is 0 Å². The van der Waals surface area contributed by atoms with E-state index in [9.17, 15) is 4.79 Å². The van der Waals surface area contributed by atoms with Crippen LogP contribution in [0.25, 0.3) is 0 Å². The highest BCUT2D eigenvalue weighted by Gasteiger charge is 2.32. The highest BCUT2D eigenvalue weighted by atomic mass is 127. The van der Waals surface area contributed by atoms with Crippen LogP contribution in [-0.4, -0.2) is 74.1 Å². The van der Waals surface area contributed by atoms with Crippen LogP contribution in [0.15, 0.2) is 29.3 Å². The second-order valence-electron chi connectivity index (χ2n) is 8.80. The zero-order valence-corrected chi connectivity index (χ0v) is 22.8. The minimum Gasteiger partial charge on any atom is -0.492 e. The molecule has 8 heteroatoms. The number of amides is 1. The van der Waals surface area contributed by atoms with Crippen molar-refractivity contribution in [1.82, 2.24) is 20.4 Å². The van der Waals surface area contributed by atoms with Gasteiger partial charge in [-0.05, 0) is 38.4 Å². The van der Waals surface area contributed by atoms with Gasteiger partial charge in [0.2, 0.25) is 5.91 Å². The summed E-state index contributed by atoms with van der Waals surface area (Å²) in [6.07, 6.45) is 5.48. The normalized spacial score (nSPS) is 19.0. The zero-order valence-electron chi connectivity index (χ0n) is 20.5. The Morgan fingerprint density at radius 1 is 1.18 bits per heavy atom.